The summed E-state index contributed by atoms with van der Waals surface area (Å²) >= 11 is 15.1. The zero-order valence-corrected chi connectivity index (χ0v) is 11.6. The molecule has 2 unspecified atom stereocenters. The molecule has 17 heavy (non-hydrogen) atoms. The van der Waals surface area contributed by atoms with Crippen molar-refractivity contribution in [3.05, 3.63) is 34.1 Å². The minimum absolute atomic E-state index is 0.267. The first-order valence-corrected chi connectivity index (χ1v) is 6.35. The van der Waals surface area contributed by atoms with Crippen LogP contribution >= 0.6 is 39.1 Å². The van der Waals surface area contributed by atoms with Gasteiger partial charge in [-0.15, -0.1) is 0 Å². The average Bonchev–Trinajstić information content (AvgIpc) is 2.79. The molecule has 1 aliphatic rings. The summed E-state index contributed by atoms with van der Waals surface area (Å²) in [5, 5.41) is 9.26. The quantitative estimate of drug-likeness (QED) is 0.677. The molecule has 2 atom stereocenters. The number of rotatable bonds is 3. The van der Waals surface area contributed by atoms with Crippen LogP contribution in [0.5, 0.6) is 0 Å². The van der Waals surface area contributed by atoms with E-state index < -0.39 is 28.1 Å². The average molecular weight is 342 g/mol. The van der Waals surface area contributed by atoms with Gasteiger partial charge in [-0.05, 0) is 33.6 Å². The van der Waals surface area contributed by atoms with E-state index in [2.05, 4.69) is 15.9 Å². The summed E-state index contributed by atoms with van der Waals surface area (Å²) in [7, 11) is 0. The SMILES string of the molecule is O=CC1(CO)C(c2ccc(F)c(Br)c2)C1(Cl)Cl. The molecule has 0 radical (unpaired) electrons. The van der Waals surface area contributed by atoms with Gasteiger partial charge in [-0.3, -0.25) is 0 Å². The van der Waals surface area contributed by atoms with E-state index in [1.54, 1.807) is 0 Å². The molecule has 0 bridgehead atoms. The molecule has 0 aromatic heterocycles. The van der Waals surface area contributed by atoms with E-state index in [0.29, 0.717) is 11.8 Å². The van der Waals surface area contributed by atoms with Gasteiger partial charge < -0.3 is 9.90 Å². The van der Waals surface area contributed by atoms with Crippen molar-refractivity contribution in [3.63, 3.8) is 0 Å². The number of carbonyl (C=O) groups is 1. The number of aldehydes is 1. The summed E-state index contributed by atoms with van der Waals surface area (Å²) in [4.78, 5) is 11.1. The summed E-state index contributed by atoms with van der Waals surface area (Å²) in [5.41, 5.74) is -0.586. The molecule has 0 amide bonds. The van der Waals surface area contributed by atoms with Gasteiger partial charge >= 0.3 is 0 Å². The third-order valence-corrected chi connectivity index (χ3v) is 4.91. The highest BCUT2D eigenvalue weighted by Gasteiger charge is 2.76. The highest BCUT2D eigenvalue weighted by atomic mass is 79.9. The van der Waals surface area contributed by atoms with E-state index in [4.69, 9.17) is 23.2 Å². The van der Waals surface area contributed by atoms with Gasteiger partial charge in [0.1, 0.15) is 16.4 Å². The summed E-state index contributed by atoms with van der Waals surface area (Å²) < 4.78 is 12.0. The van der Waals surface area contributed by atoms with Crippen molar-refractivity contribution >= 4 is 45.4 Å². The molecule has 2 nitrogen and oxygen atoms in total. The maximum atomic E-state index is 13.1. The maximum absolute atomic E-state index is 13.1. The molecule has 0 heterocycles. The predicted octanol–water partition coefficient (Wildman–Crippen LogP) is 3.04. The monoisotopic (exact) mass is 340 g/mol. The molecule has 1 aromatic carbocycles. The van der Waals surface area contributed by atoms with Crippen LogP contribution in [-0.4, -0.2) is 22.3 Å². The van der Waals surface area contributed by atoms with Gasteiger partial charge in [0.2, 0.25) is 0 Å². The number of benzene rings is 1. The number of aliphatic hydroxyl groups is 1. The smallest absolute Gasteiger partial charge is 0.141 e. The van der Waals surface area contributed by atoms with Crippen molar-refractivity contribution in [3.8, 4) is 0 Å². The predicted molar refractivity (Wildman–Crippen MR) is 66.9 cm³/mol. The van der Waals surface area contributed by atoms with Crippen LogP contribution in [-0.2, 0) is 4.79 Å². The normalized spacial score (nSPS) is 30.1. The lowest BCUT2D eigenvalue weighted by atomic mass is 10.0. The number of aliphatic hydroxyl groups excluding tert-OH is 1. The van der Waals surface area contributed by atoms with Gasteiger partial charge in [-0.2, -0.15) is 0 Å². The Bertz CT molecular complexity index is 481. The third kappa shape index (κ3) is 1.73. The molecule has 1 aliphatic carbocycles. The molecule has 1 saturated carbocycles. The van der Waals surface area contributed by atoms with E-state index in [-0.39, 0.29) is 4.47 Å². The molecule has 0 saturated heterocycles. The van der Waals surface area contributed by atoms with Crippen LogP contribution in [0.25, 0.3) is 0 Å². The summed E-state index contributed by atoms with van der Waals surface area (Å²) in [5.74, 6) is -0.942. The van der Waals surface area contributed by atoms with Gasteiger partial charge in [-0.25, -0.2) is 4.39 Å². The van der Waals surface area contributed by atoms with Crippen LogP contribution in [0.1, 0.15) is 11.5 Å². The van der Waals surface area contributed by atoms with E-state index in [1.165, 1.54) is 18.2 Å². The van der Waals surface area contributed by atoms with Crippen LogP contribution in [0.15, 0.2) is 22.7 Å². The highest BCUT2D eigenvalue weighted by Crippen LogP contribution is 2.72. The first-order valence-electron chi connectivity index (χ1n) is 4.80. The number of hydrogen-bond acceptors (Lipinski definition) is 2. The van der Waals surface area contributed by atoms with Crippen LogP contribution in [0.2, 0.25) is 0 Å². The Balaban J connectivity index is 2.43. The zero-order valence-electron chi connectivity index (χ0n) is 8.46. The van der Waals surface area contributed by atoms with Crippen molar-refractivity contribution < 1.29 is 14.3 Å². The molecule has 92 valence electrons. The molecule has 1 N–H and O–H groups in total. The van der Waals surface area contributed by atoms with Crippen LogP contribution < -0.4 is 0 Å². The summed E-state index contributed by atoms with van der Waals surface area (Å²) in [6.45, 7) is -0.441. The topological polar surface area (TPSA) is 37.3 Å². The summed E-state index contributed by atoms with van der Waals surface area (Å²) in [6, 6.07) is 4.28. The number of carbonyl (C=O) groups excluding carboxylic acids is 1. The van der Waals surface area contributed by atoms with Crippen molar-refractivity contribution in [2.75, 3.05) is 6.61 Å². The Morgan fingerprint density at radius 2 is 2.18 bits per heavy atom. The van der Waals surface area contributed by atoms with Crippen molar-refractivity contribution in [2.24, 2.45) is 5.41 Å². The third-order valence-electron chi connectivity index (χ3n) is 3.16. The van der Waals surface area contributed by atoms with Crippen molar-refractivity contribution in [1.29, 1.82) is 0 Å². The van der Waals surface area contributed by atoms with Crippen LogP contribution in [0.3, 0.4) is 0 Å². The van der Waals surface area contributed by atoms with E-state index in [1.807, 2.05) is 0 Å². The molecule has 0 aliphatic heterocycles. The van der Waals surface area contributed by atoms with Gasteiger partial charge in [0.15, 0.2) is 0 Å². The Kier molecular flexibility index (Phi) is 3.28. The Morgan fingerprint density at radius 1 is 1.53 bits per heavy atom. The second kappa shape index (κ2) is 4.19. The first kappa shape index (κ1) is 13.3. The lowest BCUT2D eigenvalue weighted by Gasteiger charge is -2.05. The minimum Gasteiger partial charge on any atom is -0.395 e. The molecular weight excluding hydrogens is 334 g/mol. The van der Waals surface area contributed by atoms with Gasteiger partial charge in [-0.1, -0.05) is 29.3 Å². The molecule has 2 rings (SSSR count). The minimum atomic E-state index is -1.35. The second-order valence-electron chi connectivity index (χ2n) is 4.05. The Morgan fingerprint density at radius 3 is 2.59 bits per heavy atom. The molecular formula is C11H8BrCl2FO2. The fraction of sp³-hybridized carbons (Fsp3) is 0.364. The maximum Gasteiger partial charge on any atom is 0.141 e. The molecule has 1 fully saturated rings. The second-order valence-corrected chi connectivity index (χ2v) is 6.29. The van der Waals surface area contributed by atoms with Crippen LogP contribution in [0, 0.1) is 11.2 Å². The number of alkyl halides is 2. The highest BCUT2D eigenvalue weighted by molar-refractivity contribution is 9.10. The lowest BCUT2D eigenvalue weighted by Crippen LogP contribution is -2.16. The zero-order chi connectivity index (χ0) is 12.8. The van der Waals surface area contributed by atoms with Crippen LogP contribution in [0.4, 0.5) is 4.39 Å². The Labute approximate surface area is 116 Å². The number of halogens is 4. The van der Waals surface area contributed by atoms with Gasteiger partial charge in [0.25, 0.3) is 0 Å². The molecule has 6 heteroatoms. The molecule has 1 aromatic rings. The fourth-order valence-corrected chi connectivity index (χ4v) is 3.41. The van der Waals surface area contributed by atoms with Gasteiger partial charge in [0, 0.05) is 5.92 Å². The Hall–Kier alpha value is -0.160. The van der Waals surface area contributed by atoms with Crippen molar-refractivity contribution in [1.82, 2.24) is 0 Å². The lowest BCUT2D eigenvalue weighted by molar-refractivity contribution is -0.113. The fourth-order valence-electron chi connectivity index (χ4n) is 2.06. The van der Waals surface area contributed by atoms with E-state index in [9.17, 15) is 14.3 Å². The number of hydrogen-bond donors (Lipinski definition) is 1. The molecule has 0 spiro atoms. The van der Waals surface area contributed by atoms with Gasteiger partial charge in [0.05, 0.1) is 16.5 Å². The first-order chi connectivity index (χ1) is 7.90. The van der Waals surface area contributed by atoms with E-state index >= 15 is 0 Å². The van der Waals surface area contributed by atoms with E-state index in [0.717, 1.165) is 0 Å². The largest absolute Gasteiger partial charge is 0.395 e. The van der Waals surface area contributed by atoms with Crippen molar-refractivity contribution in [2.45, 2.75) is 10.3 Å². The summed E-state index contributed by atoms with van der Waals surface area (Å²) in [6.07, 6.45) is 0.564. The standard InChI is InChI=1S/C11H8BrCl2FO2/c12-7-3-6(1-2-8(7)15)9-10(4-16,5-17)11(9,13)14/h1-4,9,17H,5H2.